The number of nitrogens with one attached hydrogen (secondary N) is 1. The van der Waals surface area contributed by atoms with E-state index in [0.29, 0.717) is 13.0 Å². The Hall–Kier alpha value is -4.89. The number of carbonyl (C=O) groups is 1. The van der Waals surface area contributed by atoms with Crippen LogP contribution in [-0.2, 0) is 11.3 Å². The summed E-state index contributed by atoms with van der Waals surface area (Å²) < 4.78 is 5.70. The van der Waals surface area contributed by atoms with Crippen LogP contribution in [0.4, 0.5) is 0 Å². The van der Waals surface area contributed by atoms with E-state index < -0.39 is 0 Å². The van der Waals surface area contributed by atoms with E-state index in [0.717, 1.165) is 28.2 Å². The Kier molecular flexibility index (Phi) is 8.05. The number of allylic oxidation sites excluding steroid dienone is 4. The lowest BCUT2D eigenvalue weighted by Crippen LogP contribution is -2.28. The molecular weight excluding hydrogens is 502 g/mol. The first-order valence-electron chi connectivity index (χ1n) is 14.2. The molecule has 3 heteroatoms. The van der Waals surface area contributed by atoms with Crippen LogP contribution >= 0.6 is 0 Å². The monoisotopic (exact) mass is 535 g/mol. The second-order valence-electron chi connectivity index (χ2n) is 10.4. The number of furan rings is 1. The van der Waals surface area contributed by atoms with Gasteiger partial charge in [0.1, 0.15) is 5.76 Å². The Morgan fingerprint density at radius 3 is 1.61 bits per heavy atom. The second kappa shape index (κ2) is 12.5. The molecule has 0 saturated heterocycles. The molecule has 1 unspecified atom stereocenters. The molecule has 0 radical (unpaired) electrons. The lowest BCUT2D eigenvalue weighted by Gasteiger charge is -2.28. The van der Waals surface area contributed by atoms with Crippen molar-refractivity contribution >= 4 is 5.78 Å². The first-order valence-corrected chi connectivity index (χ1v) is 14.2. The smallest absolute Gasteiger partial charge is 0.152 e. The highest BCUT2D eigenvalue weighted by Gasteiger charge is 2.35. The Morgan fingerprint density at radius 1 is 0.659 bits per heavy atom. The lowest BCUT2D eigenvalue weighted by atomic mass is 9.78. The molecular formula is C38H33NO2. The number of rotatable bonds is 10. The van der Waals surface area contributed by atoms with E-state index in [1.54, 1.807) is 6.26 Å². The van der Waals surface area contributed by atoms with E-state index in [1.807, 2.05) is 60.7 Å². The molecule has 1 atom stereocenters. The van der Waals surface area contributed by atoms with Gasteiger partial charge in [0.25, 0.3) is 0 Å². The van der Waals surface area contributed by atoms with Crippen molar-refractivity contribution in [2.24, 2.45) is 5.92 Å². The molecule has 0 amide bonds. The van der Waals surface area contributed by atoms with Crippen LogP contribution in [0.15, 0.2) is 168 Å². The maximum atomic E-state index is 14.7. The quantitative estimate of drug-likeness (QED) is 0.195. The third-order valence-corrected chi connectivity index (χ3v) is 7.84. The van der Waals surface area contributed by atoms with Crippen molar-refractivity contribution in [3.63, 3.8) is 0 Å². The van der Waals surface area contributed by atoms with E-state index >= 15 is 0 Å². The molecule has 3 nitrogen and oxygen atoms in total. The summed E-state index contributed by atoms with van der Waals surface area (Å²) in [6, 6.07) is 45.2. The number of carbonyl (C=O) groups excluding carboxylic acids is 1. The zero-order valence-corrected chi connectivity index (χ0v) is 22.9. The predicted molar refractivity (Wildman–Crippen MR) is 164 cm³/mol. The highest BCUT2D eigenvalue weighted by Crippen LogP contribution is 2.41. The Morgan fingerprint density at radius 2 is 1.15 bits per heavy atom. The molecule has 41 heavy (non-hydrogen) atoms. The van der Waals surface area contributed by atoms with Crippen LogP contribution in [-0.4, -0.2) is 5.78 Å². The summed E-state index contributed by atoms with van der Waals surface area (Å²) in [5.74, 6) is 0.344. The number of Topliss-reactive ketones (excluding diaryl/α,β-unsaturated/α-hetero) is 1. The van der Waals surface area contributed by atoms with Gasteiger partial charge in [0.05, 0.1) is 18.7 Å². The summed E-state index contributed by atoms with van der Waals surface area (Å²) in [6.07, 6.45) is 6.67. The van der Waals surface area contributed by atoms with Crippen LogP contribution in [0.2, 0.25) is 0 Å². The van der Waals surface area contributed by atoms with Gasteiger partial charge < -0.3 is 9.73 Å². The van der Waals surface area contributed by atoms with Crippen molar-refractivity contribution < 1.29 is 9.21 Å². The fraction of sp³-hybridized carbons (Fsp3) is 0.132. The fourth-order valence-corrected chi connectivity index (χ4v) is 5.92. The molecule has 0 fully saturated rings. The molecule has 0 saturated carbocycles. The third-order valence-electron chi connectivity index (χ3n) is 7.84. The highest BCUT2D eigenvalue weighted by molar-refractivity contribution is 5.94. The van der Waals surface area contributed by atoms with Gasteiger partial charge in [0, 0.05) is 17.5 Å². The zero-order chi connectivity index (χ0) is 27.9. The number of hydrogen-bond donors (Lipinski definition) is 1. The van der Waals surface area contributed by atoms with Gasteiger partial charge in [-0.05, 0) is 46.4 Å². The lowest BCUT2D eigenvalue weighted by molar-refractivity contribution is -0.122. The predicted octanol–water partition coefficient (Wildman–Crippen LogP) is 8.43. The molecule has 0 aliphatic heterocycles. The Labute approximate surface area is 241 Å². The van der Waals surface area contributed by atoms with Gasteiger partial charge in [-0.2, -0.15) is 0 Å². The van der Waals surface area contributed by atoms with Gasteiger partial charge in [-0.15, -0.1) is 0 Å². The number of ketones is 1. The standard InChI is InChI=1S/C38H33NO2/c40-38(36(30-19-9-3-10-20-30)31-21-11-4-12-22-31)34-25-13-24-33(34)37(39-27-32-23-14-26-41-32)35(28-15-5-1-6-16-28)29-17-7-2-8-18-29/h1-24,26,34-36,39H,25,27H2/b37-33-. The number of benzene rings is 4. The first-order chi connectivity index (χ1) is 20.3. The van der Waals surface area contributed by atoms with E-state index in [9.17, 15) is 4.79 Å². The van der Waals surface area contributed by atoms with Gasteiger partial charge in [-0.3, -0.25) is 4.79 Å². The largest absolute Gasteiger partial charge is 0.467 e. The summed E-state index contributed by atoms with van der Waals surface area (Å²) in [7, 11) is 0. The van der Waals surface area contributed by atoms with E-state index in [-0.39, 0.29) is 23.5 Å². The average Bonchev–Trinajstić information content (AvgIpc) is 3.74. The minimum Gasteiger partial charge on any atom is -0.467 e. The Balaban J connectivity index is 1.48. The fourth-order valence-electron chi connectivity index (χ4n) is 5.92. The van der Waals surface area contributed by atoms with Crippen LogP contribution in [0.3, 0.4) is 0 Å². The molecule has 202 valence electrons. The van der Waals surface area contributed by atoms with Crippen LogP contribution < -0.4 is 5.32 Å². The summed E-state index contributed by atoms with van der Waals surface area (Å²) >= 11 is 0. The molecule has 1 N–H and O–H groups in total. The summed E-state index contributed by atoms with van der Waals surface area (Å²) in [5.41, 5.74) is 6.44. The SMILES string of the molecule is O=C(C1CC=C/C1=C(/NCc1ccco1)C(c1ccccc1)c1ccccc1)C(c1ccccc1)c1ccccc1. The molecule has 5 aromatic rings. The van der Waals surface area contributed by atoms with E-state index in [2.05, 4.69) is 90.3 Å². The topological polar surface area (TPSA) is 42.2 Å². The number of hydrogen-bond acceptors (Lipinski definition) is 3. The van der Waals surface area contributed by atoms with Crippen LogP contribution in [0.25, 0.3) is 0 Å². The summed E-state index contributed by atoms with van der Waals surface area (Å²) in [4.78, 5) is 14.7. The minimum absolute atomic E-state index is 0.0766. The van der Waals surface area contributed by atoms with Gasteiger partial charge >= 0.3 is 0 Å². The third kappa shape index (κ3) is 5.85. The molecule has 4 aromatic carbocycles. The van der Waals surface area contributed by atoms with Crippen molar-refractivity contribution in [2.75, 3.05) is 0 Å². The molecule has 6 rings (SSSR count). The minimum atomic E-state index is -0.351. The maximum absolute atomic E-state index is 14.7. The molecule has 0 spiro atoms. The van der Waals surface area contributed by atoms with Crippen LogP contribution in [0.5, 0.6) is 0 Å². The van der Waals surface area contributed by atoms with E-state index in [4.69, 9.17) is 4.42 Å². The normalized spacial score (nSPS) is 15.8. The maximum Gasteiger partial charge on any atom is 0.152 e. The van der Waals surface area contributed by atoms with Crippen molar-refractivity contribution in [2.45, 2.75) is 24.8 Å². The van der Waals surface area contributed by atoms with Crippen LogP contribution in [0.1, 0.15) is 46.3 Å². The molecule has 1 aliphatic rings. The second-order valence-corrected chi connectivity index (χ2v) is 10.4. The van der Waals surface area contributed by atoms with Gasteiger partial charge in [-0.1, -0.05) is 133 Å². The average molecular weight is 536 g/mol. The molecule has 1 aliphatic carbocycles. The van der Waals surface area contributed by atoms with Crippen molar-refractivity contribution in [1.82, 2.24) is 5.32 Å². The van der Waals surface area contributed by atoms with E-state index in [1.165, 1.54) is 11.1 Å². The molecule has 0 bridgehead atoms. The molecule has 1 heterocycles. The van der Waals surface area contributed by atoms with Gasteiger partial charge in [0.15, 0.2) is 5.78 Å². The first kappa shape index (κ1) is 26.3. The highest BCUT2D eigenvalue weighted by atomic mass is 16.3. The van der Waals surface area contributed by atoms with Crippen LogP contribution in [0, 0.1) is 5.92 Å². The molecule has 1 aromatic heterocycles. The van der Waals surface area contributed by atoms with Crippen molar-refractivity contribution in [3.8, 4) is 0 Å². The van der Waals surface area contributed by atoms with Gasteiger partial charge in [-0.25, -0.2) is 0 Å². The Bertz CT molecular complexity index is 1530. The van der Waals surface area contributed by atoms with Crippen molar-refractivity contribution in [1.29, 1.82) is 0 Å². The summed E-state index contributed by atoms with van der Waals surface area (Å²) in [6.45, 7) is 0.525. The van der Waals surface area contributed by atoms with Gasteiger partial charge in [0.2, 0.25) is 0 Å². The van der Waals surface area contributed by atoms with Crippen molar-refractivity contribution in [3.05, 3.63) is 191 Å². The summed E-state index contributed by atoms with van der Waals surface area (Å²) in [5, 5.41) is 3.75. The zero-order valence-electron chi connectivity index (χ0n) is 22.9.